The second kappa shape index (κ2) is 8.30. The Hall–Kier alpha value is -3.16. The van der Waals surface area contributed by atoms with Crippen LogP contribution in [0.2, 0.25) is 0 Å². The zero-order chi connectivity index (χ0) is 22.1. The van der Waals surface area contributed by atoms with E-state index in [4.69, 9.17) is 0 Å². The van der Waals surface area contributed by atoms with E-state index in [1.54, 1.807) is 18.5 Å². The van der Waals surface area contributed by atoms with Crippen molar-refractivity contribution in [1.29, 1.82) is 0 Å². The molecule has 1 aliphatic heterocycles. The fourth-order valence-corrected chi connectivity index (χ4v) is 3.60. The summed E-state index contributed by atoms with van der Waals surface area (Å²) in [6.45, 7) is 9.17. The predicted octanol–water partition coefficient (Wildman–Crippen LogP) is 3.17. The largest absolute Gasteiger partial charge is 0.325 e. The van der Waals surface area contributed by atoms with Crippen molar-refractivity contribution in [2.24, 2.45) is 5.92 Å². The van der Waals surface area contributed by atoms with Gasteiger partial charge >= 0.3 is 6.03 Å². The van der Waals surface area contributed by atoms with Gasteiger partial charge < -0.3 is 10.6 Å². The molecular weight excluding hydrogens is 382 g/mol. The third-order valence-electron chi connectivity index (χ3n) is 5.43. The van der Waals surface area contributed by atoms with Crippen LogP contribution in [0.4, 0.5) is 10.5 Å². The average molecular weight is 412 g/mol. The van der Waals surface area contributed by atoms with Crippen LogP contribution in [0.25, 0.3) is 5.69 Å². The van der Waals surface area contributed by atoms with Crippen molar-refractivity contribution in [2.75, 3.05) is 11.9 Å². The third kappa shape index (κ3) is 4.22. The van der Waals surface area contributed by atoms with Gasteiger partial charge in [-0.05, 0) is 51.7 Å². The minimum absolute atomic E-state index is 0.336. The van der Waals surface area contributed by atoms with Crippen LogP contribution >= 0.6 is 0 Å². The molecule has 1 aromatic carbocycles. The van der Waals surface area contributed by atoms with Gasteiger partial charge in [0, 0.05) is 0 Å². The lowest BCUT2D eigenvalue weighted by Crippen LogP contribution is -2.44. The lowest BCUT2D eigenvalue weighted by molar-refractivity contribution is -0.133. The number of nitrogens with one attached hydrogen (secondary N) is 2. The van der Waals surface area contributed by atoms with Gasteiger partial charge in [0.1, 0.15) is 12.1 Å². The van der Waals surface area contributed by atoms with E-state index in [9.17, 15) is 14.4 Å². The summed E-state index contributed by atoms with van der Waals surface area (Å²) in [7, 11) is 0. The molecule has 1 aliphatic rings. The Bertz CT molecular complexity index is 967. The normalized spacial score (nSPS) is 18.8. The fraction of sp³-hybridized carbons (Fsp3) is 0.455. The maximum absolute atomic E-state index is 12.8. The van der Waals surface area contributed by atoms with E-state index in [1.807, 2.05) is 37.3 Å². The van der Waals surface area contributed by atoms with Crippen molar-refractivity contribution in [3.63, 3.8) is 0 Å². The third-order valence-corrected chi connectivity index (χ3v) is 5.43. The van der Waals surface area contributed by atoms with Crippen molar-refractivity contribution >= 4 is 23.5 Å². The summed E-state index contributed by atoms with van der Waals surface area (Å²) in [6, 6.07) is 9.07. The zero-order valence-corrected chi connectivity index (χ0v) is 18.2. The molecule has 8 nitrogen and oxygen atoms in total. The van der Waals surface area contributed by atoms with Crippen molar-refractivity contribution in [2.45, 2.75) is 53.0 Å². The molecule has 160 valence electrons. The highest BCUT2D eigenvalue weighted by Gasteiger charge is 2.47. The van der Waals surface area contributed by atoms with Crippen LogP contribution in [0, 0.1) is 19.8 Å². The molecule has 2 aromatic rings. The summed E-state index contributed by atoms with van der Waals surface area (Å²) in [5.41, 5.74) is 1.92. The molecule has 3 rings (SSSR count). The lowest BCUT2D eigenvalue weighted by atomic mass is 9.92. The number of nitrogens with zero attached hydrogens (tertiary/aromatic N) is 3. The number of hydrogen-bond acceptors (Lipinski definition) is 4. The Labute approximate surface area is 176 Å². The molecule has 0 unspecified atom stereocenters. The number of amides is 4. The molecular formula is C22H29N5O3. The Morgan fingerprint density at radius 2 is 1.87 bits per heavy atom. The number of aromatic nitrogens is 2. The number of benzene rings is 1. The van der Waals surface area contributed by atoms with Crippen molar-refractivity contribution in [1.82, 2.24) is 20.0 Å². The highest BCUT2D eigenvalue weighted by molar-refractivity contribution is 6.10. The molecule has 8 heteroatoms. The maximum atomic E-state index is 12.8. The quantitative estimate of drug-likeness (QED) is 0.684. The summed E-state index contributed by atoms with van der Waals surface area (Å²) in [4.78, 5) is 38.8. The van der Waals surface area contributed by atoms with Gasteiger partial charge in [0.2, 0.25) is 5.91 Å². The summed E-state index contributed by atoms with van der Waals surface area (Å²) in [5.74, 6) is -0.391. The van der Waals surface area contributed by atoms with Crippen LogP contribution in [0.5, 0.6) is 0 Å². The molecule has 30 heavy (non-hydrogen) atoms. The number of imide groups is 1. The minimum Gasteiger partial charge on any atom is -0.323 e. The topological polar surface area (TPSA) is 96.3 Å². The van der Waals surface area contributed by atoms with E-state index in [1.165, 1.54) is 0 Å². The summed E-state index contributed by atoms with van der Waals surface area (Å²) in [6.07, 6.45) is 1.34. The van der Waals surface area contributed by atoms with E-state index in [0.717, 1.165) is 22.7 Å². The van der Waals surface area contributed by atoms with Crippen molar-refractivity contribution in [3.8, 4) is 5.69 Å². The van der Waals surface area contributed by atoms with Crippen molar-refractivity contribution in [3.05, 3.63) is 41.7 Å². The summed E-state index contributed by atoms with van der Waals surface area (Å²) in [5, 5.41) is 10.1. The molecule has 1 fully saturated rings. The van der Waals surface area contributed by atoms with Gasteiger partial charge in [-0.25, -0.2) is 9.48 Å². The molecule has 1 atom stereocenters. The fourth-order valence-electron chi connectivity index (χ4n) is 3.60. The van der Waals surface area contributed by atoms with E-state index in [0.29, 0.717) is 23.7 Å². The first kappa shape index (κ1) is 21.5. The Morgan fingerprint density at radius 1 is 1.20 bits per heavy atom. The maximum Gasteiger partial charge on any atom is 0.325 e. The molecule has 1 aromatic heterocycles. The Kier molecular flexibility index (Phi) is 5.96. The Morgan fingerprint density at radius 3 is 2.50 bits per heavy atom. The van der Waals surface area contributed by atoms with E-state index in [-0.39, 0.29) is 12.5 Å². The number of rotatable bonds is 7. The van der Waals surface area contributed by atoms with Gasteiger partial charge in [-0.2, -0.15) is 5.10 Å². The first-order valence-electron chi connectivity index (χ1n) is 10.2. The molecule has 0 spiro atoms. The van der Waals surface area contributed by atoms with Crippen LogP contribution in [-0.4, -0.2) is 44.6 Å². The molecule has 0 bridgehead atoms. The second-order valence-electron chi connectivity index (χ2n) is 8.43. The first-order chi connectivity index (χ1) is 14.1. The number of hydrogen-bond donors (Lipinski definition) is 2. The van der Waals surface area contributed by atoms with Gasteiger partial charge in [0.05, 0.1) is 22.8 Å². The number of aryl methyl sites for hydroxylation is 1. The SMILES string of the molecule is Cc1nn(-c2ccccc2)c(C)c1NC(=O)CN1C(=O)N[C@@](C)(CCC(C)C)C1=O. The number of carbonyl (C=O) groups is 3. The van der Waals surface area contributed by atoms with Crippen LogP contribution in [-0.2, 0) is 9.59 Å². The monoisotopic (exact) mass is 411 g/mol. The standard InChI is InChI=1S/C22H29N5O3/c1-14(2)11-12-22(5)20(29)26(21(30)24-22)13-18(28)23-19-15(3)25-27(16(19)4)17-9-7-6-8-10-17/h6-10,14H,11-13H2,1-5H3,(H,23,28)(H,24,30)/t22-/m0/s1. The van der Waals surface area contributed by atoms with Gasteiger partial charge in [-0.3, -0.25) is 14.5 Å². The van der Waals surface area contributed by atoms with E-state index >= 15 is 0 Å². The molecule has 2 heterocycles. The first-order valence-corrected chi connectivity index (χ1v) is 10.2. The van der Waals surface area contributed by atoms with Crippen LogP contribution in [0.1, 0.15) is 45.0 Å². The summed E-state index contributed by atoms with van der Waals surface area (Å²) >= 11 is 0. The lowest BCUT2D eigenvalue weighted by Gasteiger charge is -2.22. The number of para-hydroxylation sites is 1. The van der Waals surface area contributed by atoms with Gasteiger partial charge in [-0.15, -0.1) is 0 Å². The van der Waals surface area contributed by atoms with Crippen LogP contribution in [0.15, 0.2) is 30.3 Å². The molecule has 1 saturated heterocycles. The number of carbonyl (C=O) groups excluding carboxylic acids is 3. The smallest absolute Gasteiger partial charge is 0.323 e. The molecule has 2 N–H and O–H groups in total. The van der Waals surface area contributed by atoms with Crippen molar-refractivity contribution < 1.29 is 14.4 Å². The minimum atomic E-state index is -0.967. The highest BCUT2D eigenvalue weighted by Crippen LogP contribution is 2.26. The summed E-state index contributed by atoms with van der Waals surface area (Å²) < 4.78 is 1.75. The predicted molar refractivity (Wildman–Crippen MR) is 114 cm³/mol. The number of urea groups is 1. The van der Waals surface area contributed by atoms with E-state index in [2.05, 4.69) is 29.6 Å². The van der Waals surface area contributed by atoms with Gasteiger partial charge in [-0.1, -0.05) is 32.0 Å². The highest BCUT2D eigenvalue weighted by atomic mass is 16.2. The molecule has 0 saturated carbocycles. The molecule has 4 amide bonds. The average Bonchev–Trinajstić information content (AvgIpc) is 3.09. The van der Waals surface area contributed by atoms with Gasteiger partial charge in [0.15, 0.2) is 0 Å². The number of anilines is 1. The molecule has 0 radical (unpaired) electrons. The van der Waals surface area contributed by atoms with Gasteiger partial charge in [0.25, 0.3) is 5.91 Å². The van der Waals surface area contributed by atoms with Crippen LogP contribution in [0.3, 0.4) is 0 Å². The van der Waals surface area contributed by atoms with E-state index < -0.39 is 17.5 Å². The van der Waals surface area contributed by atoms with Crippen LogP contribution < -0.4 is 10.6 Å². The zero-order valence-electron chi connectivity index (χ0n) is 18.2. The molecule has 0 aliphatic carbocycles. The Balaban J connectivity index is 1.71. The second-order valence-corrected chi connectivity index (χ2v) is 8.43.